The van der Waals surface area contributed by atoms with Gasteiger partial charge in [-0.2, -0.15) is 0 Å². The number of ether oxygens (including phenoxy) is 1. The summed E-state index contributed by atoms with van der Waals surface area (Å²) in [4.78, 5) is 21.0. The number of carbonyl (C=O) groups is 1. The van der Waals surface area contributed by atoms with Gasteiger partial charge in [0.2, 0.25) is 0 Å². The lowest BCUT2D eigenvalue weighted by Crippen LogP contribution is -2.42. The topological polar surface area (TPSA) is 45.7 Å². The quantitative estimate of drug-likeness (QED) is 0.862. The van der Waals surface area contributed by atoms with E-state index in [1.165, 1.54) is 5.56 Å². The number of pyridine rings is 1. The van der Waals surface area contributed by atoms with Gasteiger partial charge >= 0.3 is 0 Å². The zero-order valence-corrected chi connectivity index (χ0v) is 14.3. The third-order valence-corrected chi connectivity index (χ3v) is 5.17. The first-order chi connectivity index (χ1) is 12.2. The van der Waals surface area contributed by atoms with Crippen LogP contribution in [0.15, 0.2) is 54.9 Å². The predicted octanol–water partition coefficient (Wildman–Crippen LogP) is 2.34. The maximum Gasteiger partial charge on any atom is 0.252 e. The first kappa shape index (κ1) is 16.2. The summed E-state index contributed by atoms with van der Waals surface area (Å²) in [7, 11) is 0. The van der Waals surface area contributed by atoms with Crippen molar-refractivity contribution in [2.24, 2.45) is 5.41 Å². The van der Waals surface area contributed by atoms with Crippen LogP contribution in [-0.4, -0.2) is 48.6 Å². The van der Waals surface area contributed by atoms with Gasteiger partial charge in [0.1, 0.15) is 6.61 Å². The second-order valence-electron chi connectivity index (χ2n) is 7.12. The molecule has 2 saturated heterocycles. The van der Waals surface area contributed by atoms with Gasteiger partial charge in [0.25, 0.3) is 5.91 Å². The maximum absolute atomic E-state index is 12.5. The highest BCUT2D eigenvalue weighted by atomic mass is 16.5. The fourth-order valence-electron chi connectivity index (χ4n) is 3.90. The first-order valence-corrected chi connectivity index (χ1v) is 8.79. The lowest BCUT2D eigenvalue weighted by Gasteiger charge is -2.32. The molecule has 2 aliphatic rings. The summed E-state index contributed by atoms with van der Waals surface area (Å²) < 4.78 is 5.77. The van der Waals surface area contributed by atoms with Gasteiger partial charge in [-0.1, -0.05) is 18.2 Å². The molecule has 1 aromatic carbocycles. The SMILES string of the molecule is O=C1COCC2(CCN(Cc3ccncc3)C2)CN1c1ccccc1. The van der Waals surface area contributed by atoms with E-state index in [-0.39, 0.29) is 17.9 Å². The second kappa shape index (κ2) is 6.94. The molecule has 1 spiro atoms. The molecule has 2 aromatic rings. The molecule has 1 unspecified atom stereocenters. The third-order valence-electron chi connectivity index (χ3n) is 5.17. The van der Waals surface area contributed by atoms with E-state index in [4.69, 9.17) is 4.74 Å². The molecule has 25 heavy (non-hydrogen) atoms. The number of anilines is 1. The lowest BCUT2D eigenvalue weighted by atomic mass is 9.87. The number of benzene rings is 1. The number of hydrogen-bond donors (Lipinski definition) is 0. The predicted molar refractivity (Wildman–Crippen MR) is 96.2 cm³/mol. The summed E-state index contributed by atoms with van der Waals surface area (Å²) in [5.74, 6) is 0.0515. The molecule has 0 bridgehead atoms. The monoisotopic (exact) mass is 337 g/mol. The van der Waals surface area contributed by atoms with Crippen molar-refractivity contribution in [1.29, 1.82) is 0 Å². The fraction of sp³-hybridized carbons (Fsp3) is 0.400. The van der Waals surface area contributed by atoms with Crippen LogP contribution in [0.5, 0.6) is 0 Å². The van der Waals surface area contributed by atoms with Crippen molar-refractivity contribution in [3.05, 3.63) is 60.4 Å². The number of para-hydroxylation sites is 1. The van der Waals surface area contributed by atoms with Gasteiger partial charge in [0.05, 0.1) is 6.61 Å². The Bertz CT molecular complexity index is 722. The van der Waals surface area contributed by atoms with Crippen LogP contribution in [0, 0.1) is 5.41 Å². The standard InChI is InChI=1S/C20H23N3O2/c24-19-13-25-16-20(15-23(19)18-4-2-1-3-5-18)8-11-22(14-20)12-17-6-9-21-10-7-17/h1-7,9-10H,8,11-16H2. The number of rotatable bonds is 3. The van der Waals surface area contributed by atoms with Crippen molar-refractivity contribution in [1.82, 2.24) is 9.88 Å². The molecule has 0 aliphatic carbocycles. The normalized spacial score (nSPS) is 24.6. The third kappa shape index (κ3) is 3.57. The van der Waals surface area contributed by atoms with E-state index in [9.17, 15) is 4.79 Å². The van der Waals surface area contributed by atoms with E-state index in [0.717, 1.165) is 38.3 Å². The second-order valence-corrected chi connectivity index (χ2v) is 7.12. The van der Waals surface area contributed by atoms with Gasteiger partial charge in [-0.15, -0.1) is 0 Å². The molecular weight excluding hydrogens is 314 g/mol. The minimum absolute atomic E-state index is 0.00896. The van der Waals surface area contributed by atoms with Crippen molar-refractivity contribution in [2.75, 3.05) is 37.7 Å². The molecule has 5 nitrogen and oxygen atoms in total. The summed E-state index contributed by atoms with van der Waals surface area (Å²) in [5, 5.41) is 0. The van der Waals surface area contributed by atoms with E-state index in [0.29, 0.717) is 6.61 Å². The van der Waals surface area contributed by atoms with Crippen LogP contribution in [0.4, 0.5) is 5.69 Å². The van der Waals surface area contributed by atoms with Crippen LogP contribution in [0.3, 0.4) is 0 Å². The van der Waals surface area contributed by atoms with Gasteiger partial charge in [-0.25, -0.2) is 0 Å². The Morgan fingerprint density at radius 1 is 1.08 bits per heavy atom. The molecule has 1 aromatic heterocycles. The Hall–Kier alpha value is -2.24. The number of hydrogen-bond acceptors (Lipinski definition) is 4. The van der Waals surface area contributed by atoms with E-state index in [1.54, 1.807) is 0 Å². The highest BCUT2D eigenvalue weighted by molar-refractivity contribution is 5.94. The zero-order chi connectivity index (χ0) is 17.1. The summed E-state index contributed by atoms with van der Waals surface area (Å²) in [5.41, 5.74) is 2.25. The molecule has 1 amide bonds. The van der Waals surface area contributed by atoms with E-state index < -0.39 is 0 Å². The lowest BCUT2D eigenvalue weighted by molar-refractivity contribution is -0.122. The largest absolute Gasteiger partial charge is 0.371 e. The van der Waals surface area contributed by atoms with Gasteiger partial charge < -0.3 is 9.64 Å². The summed E-state index contributed by atoms with van der Waals surface area (Å²) in [6, 6.07) is 14.1. The van der Waals surface area contributed by atoms with E-state index in [2.05, 4.69) is 22.0 Å². The molecule has 0 saturated carbocycles. The molecule has 1 atom stereocenters. The van der Waals surface area contributed by atoms with Crippen molar-refractivity contribution in [3.8, 4) is 0 Å². The summed E-state index contributed by atoms with van der Waals surface area (Å²) in [6.07, 6.45) is 4.73. The molecule has 5 heteroatoms. The van der Waals surface area contributed by atoms with Gasteiger partial charge in [0.15, 0.2) is 0 Å². The van der Waals surface area contributed by atoms with E-state index in [1.807, 2.05) is 47.6 Å². The zero-order valence-electron chi connectivity index (χ0n) is 14.3. The summed E-state index contributed by atoms with van der Waals surface area (Å²) >= 11 is 0. The molecular formula is C20H23N3O2. The van der Waals surface area contributed by atoms with Crippen molar-refractivity contribution in [3.63, 3.8) is 0 Å². The fourth-order valence-corrected chi connectivity index (χ4v) is 3.90. The van der Waals surface area contributed by atoms with Crippen LogP contribution in [0.1, 0.15) is 12.0 Å². The minimum Gasteiger partial charge on any atom is -0.371 e. The number of amides is 1. The smallest absolute Gasteiger partial charge is 0.252 e. The van der Waals surface area contributed by atoms with Gasteiger partial charge in [-0.05, 0) is 42.8 Å². The van der Waals surface area contributed by atoms with E-state index >= 15 is 0 Å². The molecule has 2 fully saturated rings. The number of likely N-dealkylation sites (tertiary alicyclic amines) is 1. The van der Waals surface area contributed by atoms with Crippen LogP contribution in [0.2, 0.25) is 0 Å². The van der Waals surface area contributed by atoms with Gasteiger partial charge in [0, 0.05) is 43.1 Å². The maximum atomic E-state index is 12.5. The first-order valence-electron chi connectivity index (χ1n) is 8.79. The number of nitrogens with zero attached hydrogens (tertiary/aromatic N) is 3. The number of aromatic nitrogens is 1. The Morgan fingerprint density at radius 2 is 1.88 bits per heavy atom. The molecule has 4 rings (SSSR count). The highest BCUT2D eigenvalue weighted by Gasteiger charge is 2.42. The van der Waals surface area contributed by atoms with Crippen LogP contribution < -0.4 is 4.90 Å². The molecule has 2 aliphatic heterocycles. The Kier molecular flexibility index (Phi) is 4.51. The average molecular weight is 337 g/mol. The van der Waals surface area contributed by atoms with Crippen LogP contribution >= 0.6 is 0 Å². The molecule has 130 valence electrons. The Balaban J connectivity index is 1.50. The van der Waals surface area contributed by atoms with Crippen LogP contribution in [0.25, 0.3) is 0 Å². The molecule has 0 N–H and O–H groups in total. The van der Waals surface area contributed by atoms with Crippen molar-refractivity contribution in [2.45, 2.75) is 13.0 Å². The van der Waals surface area contributed by atoms with Crippen molar-refractivity contribution >= 4 is 11.6 Å². The average Bonchev–Trinajstić information content (AvgIpc) is 2.95. The van der Waals surface area contributed by atoms with Crippen LogP contribution in [-0.2, 0) is 16.1 Å². The van der Waals surface area contributed by atoms with Gasteiger partial charge in [-0.3, -0.25) is 14.7 Å². The Morgan fingerprint density at radius 3 is 2.68 bits per heavy atom. The minimum atomic E-state index is 0.00896. The summed E-state index contributed by atoms with van der Waals surface area (Å²) in [6.45, 7) is 4.44. The Labute approximate surface area is 148 Å². The highest BCUT2D eigenvalue weighted by Crippen LogP contribution is 2.35. The van der Waals surface area contributed by atoms with Crippen molar-refractivity contribution < 1.29 is 9.53 Å². The molecule has 3 heterocycles. The molecule has 0 radical (unpaired) electrons. The number of carbonyl (C=O) groups excluding carboxylic acids is 1.